The number of hydrogen-bond donors (Lipinski definition) is 1. The van der Waals surface area contributed by atoms with E-state index in [0.29, 0.717) is 22.8 Å². The maximum Gasteiger partial charge on any atom is 0.264 e. The number of anilines is 1. The van der Waals surface area contributed by atoms with Gasteiger partial charge in [0.05, 0.1) is 10.6 Å². The van der Waals surface area contributed by atoms with Crippen molar-refractivity contribution in [1.29, 1.82) is 0 Å². The number of carbonyl (C=O) groups is 2. The van der Waals surface area contributed by atoms with Gasteiger partial charge in [-0.15, -0.1) is 0 Å². The van der Waals surface area contributed by atoms with Crippen molar-refractivity contribution >= 4 is 39.1 Å². The van der Waals surface area contributed by atoms with Gasteiger partial charge in [-0.05, 0) is 81.6 Å². The number of rotatable bonds is 10. The fourth-order valence-corrected chi connectivity index (χ4v) is 5.76. The molecule has 0 saturated carbocycles. The largest absolute Gasteiger partial charge is 0.355 e. The number of benzene rings is 3. The Morgan fingerprint density at radius 1 is 0.947 bits per heavy atom. The second-order valence-electron chi connectivity index (χ2n) is 9.34. The first-order valence-electron chi connectivity index (χ1n) is 12.4. The van der Waals surface area contributed by atoms with Gasteiger partial charge in [0.1, 0.15) is 12.6 Å². The van der Waals surface area contributed by atoms with E-state index < -0.39 is 28.5 Å². The summed E-state index contributed by atoms with van der Waals surface area (Å²) in [7, 11) is -4.11. The fourth-order valence-electron chi connectivity index (χ4n) is 4.08. The number of halogens is 1. The standard InChI is InChI=1S/C29H34ClN3O4S/c1-6-31-29(35)23(5)32(18-24-8-7-9-25(30)17-24)28(34)19-33(27-16-21(3)10-13-22(27)4)38(36,37)26-14-11-20(2)12-15-26/h7-17,23H,6,18-19H2,1-5H3,(H,31,35). The van der Waals surface area contributed by atoms with Crippen LogP contribution in [0.3, 0.4) is 0 Å². The molecule has 2 amide bonds. The molecular weight excluding hydrogens is 522 g/mol. The number of likely N-dealkylation sites (N-methyl/N-ethyl adjacent to an activating group) is 1. The molecule has 9 heteroatoms. The highest BCUT2D eigenvalue weighted by Gasteiger charge is 2.33. The third-order valence-corrected chi connectivity index (χ3v) is 8.29. The number of nitrogens with zero attached hydrogens (tertiary/aromatic N) is 2. The number of hydrogen-bond acceptors (Lipinski definition) is 4. The first-order chi connectivity index (χ1) is 17.9. The van der Waals surface area contributed by atoms with E-state index in [2.05, 4.69) is 5.32 Å². The van der Waals surface area contributed by atoms with Crippen LogP contribution in [0.4, 0.5) is 5.69 Å². The van der Waals surface area contributed by atoms with Crippen LogP contribution in [0, 0.1) is 20.8 Å². The molecule has 0 radical (unpaired) electrons. The normalized spacial score (nSPS) is 12.1. The van der Waals surface area contributed by atoms with Gasteiger partial charge >= 0.3 is 0 Å². The molecule has 0 aromatic heterocycles. The Labute approximate surface area is 230 Å². The van der Waals surface area contributed by atoms with Crippen LogP contribution >= 0.6 is 11.6 Å². The zero-order chi connectivity index (χ0) is 28.0. The molecule has 0 aliphatic carbocycles. The Morgan fingerprint density at radius 3 is 2.24 bits per heavy atom. The lowest BCUT2D eigenvalue weighted by Crippen LogP contribution is -2.51. The van der Waals surface area contributed by atoms with E-state index in [9.17, 15) is 18.0 Å². The molecule has 202 valence electrons. The van der Waals surface area contributed by atoms with Crippen molar-refractivity contribution in [3.8, 4) is 0 Å². The molecule has 0 saturated heterocycles. The van der Waals surface area contributed by atoms with Crippen molar-refractivity contribution in [3.05, 3.63) is 94.0 Å². The minimum Gasteiger partial charge on any atom is -0.355 e. The Balaban J connectivity index is 2.08. The van der Waals surface area contributed by atoms with Gasteiger partial charge in [0.2, 0.25) is 11.8 Å². The number of aryl methyl sites for hydroxylation is 3. The van der Waals surface area contributed by atoms with E-state index in [0.717, 1.165) is 21.0 Å². The lowest BCUT2D eigenvalue weighted by atomic mass is 10.1. The van der Waals surface area contributed by atoms with Crippen molar-refractivity contribution in [1.82, 2.24) is 10.2 Å². The van der Waals surface area contributed by atoms with Crippen molar-refractivity contribution in [2.75, 3.05) is 17.4 Å². The van der Waals surface area contributed by atoms with Gasteiger partial charge in [-0.2, -0.15) is 0 Å². The summed E-state index contributed by atoms with van der Waals surface area (Å²) in [6.45, 7) is 8.97. The van der Waals surface area contributed by atoms with Gasteiger partial charge in [-0.1, -0.05) is 53.6 Å². The van der Waals surface area contributed by atoms with E-state index in [1.165, 1.54) is 17.0 Å². The molecule has 3 rings (SSSR count). The Bertz CT molecular complexity index is 1410. The first-order valence-corrected chi connectivity index (χ1v) is 14.2. The van der Waals surface area contributed by atoms with Crippen molar-refractivity contribution < 1.29 is 18.0 Å². The smallest absolute Gasteiger partial charge is 0.264 e. The molecule has 1 unspecified atom stereocenters. The SMILES string of the molecule is CCNC(=O)C(C)N(Cc1cccc(Cl)c1)C(=O)CN(c1cc(C)ccc1C)S(=O)(=O)c1ccc(C)cc1. The zero-order valence-electron chi connectivity index (χ0n) is 22.4. The van der Waals surface area contributed by atoms with Gasteiger partial charge in [0.15, 0.2) is 0 Å². The molecule has 1 atom stereocenters. The third-order valence-electron chi connectivity index (χ3n) is 6.28. The van der Waals surface area contributed by atoms with Crippen LogP contribution in [-0.4, -0.2) is 44.3 Å². The molecule has 0 aliphatic heterocycles. The molecule has 0 bridgehead atoms. The summed E-state index contributed by atoms with van der Waals surface area (Å²) < 4.78 is 29.0. The number of amides is 2. The molecule has 3 aromatic rings. The summed E-state index contributed by atoms with van der Waals surface area (Å²) >= 11 is 6.16. The van der Waals surface area contributed by atoms with Crippen LogP contribution < -0.4 is 9.62 Å². The number of carbonyl (C=O) groups excluding carboxylic acids is 2. The van der Waals surface area contributed by atoms with Gasteiger partial charge < -0.3 is 10.2 Å². The Kier molecular flexibility index (Phi) is 9.57. The van der Waals surface area contributed by atoms with Crippen LogP contribution in [0.25, 0.3) is 0 Å². The molecule has 0 spiro atoms. The topological polar surface area (TPSA) is 86.8 Å². The van der Waals surface area contributed by atoms with Crippen molar-refractivity contribution in [2.45, 2.75) is 52.1 Å². The van der Waals surface area contributed by atoms with E-state index >= 15 is 0 Å². The molecule has 0 heterocycles. The summed E-state index contributed by atoms with van der Waals surface area (Å²) in [5.41, 5.74) is 3.61. The van der Waals surface area contributed by atoms with E-state index in [4.69, 9.17) is 11.6 Å². The van der Waals surface area contributed by atoms with E-state index in [-0.39, 0.29) is 17.3 Å². The van der Waals surface area contributed by atoms with Crippen molar-refractivity contribution in [3.63, 3.8) is 0 Å². The predicted molar refractivity (Wildman–Crippen MR) is 152 cm³/mol. The van der Waals surface area contributed by atoms with Gasteiger partial charge in [0, 0.05) is 18.1 Å². The number of nitrogens with one attached hydrogen (secondary N) is 1. The third kappa shape index (κ3) is 6.94. The minimum absolute atomic E-state index is 0.0787. The maximum atomic E-state index is 13.9. The number of sulfonamides is 1. The fraction of sp³-hybridized carbons (Fsp3) is 0.310. The van der Waals surface area contributed by atoms with Crippen LogP contribution in [0.5, 0.6) is 0 Å². The van der Waals surface area contributed by atoms with E-state index in [1.54, 1.807) is 57.2 Å². The van der Waals surface area contributed by atoms with Gasteiger partial charge in [0.25, 0.3) is 10.0 Å². The maximum absolute atomic E-state index is 13.9. The van der Waals surface area contributed by atoms with Gasteiger partial charge in [-0.25, -0.2) is 8.42 Å². The lowest BCUT2D eigenvalue weighted by Gasteiger charge is -2.32. The zero-order valence-corrected chi connectivity index (χ0v) is 23.9. The van der Waals surface area contributed by atoms with Crippen LogP contribution in [-0.2, 0) is 26.2 Å². The van der Waals surface area contributed by atoms with E-state index in [1.807, 2.05) is 32.0 Å². The molecule has 7 nitrogen and oxygen atoms in total. The highest BCUT2D eigenvalue weighted by atomic mass is 35.5. The van der Waals surface area contributed by atoms with Gasteiger partial charge in [-0.3, -0.25) is 13.9 Å². The second kappa shape index (κ2) is 12.5. The average molecular weight is 556 g/mol. The monoisotopic (exact) mass is 555 g/mol. The minimum atomic E-state index is -4.11. The lowest BCUT2D eigenvalue weighted by molar-refractivity contribution is -0.139. The summed E-state index contributed by atoms with van der Waals surface area (Å²) in [4.78, 5) is 28.2. The molecule has 1 N–H and O–H groups in total. The van der Waals surface area contributed by atoms with Crippen LogP contribution in [0.2, 0.25) is 5.02 Å². The molecule has 38 heavy (non-hydrogen) atoms. The summed E-state index contributed by atoms with van der Waals surface area (Å²) in [6, 6.07) is 18.2. The average Bonchev–Trinajstić information content (AvgIpc) is 2.87. The van der Waals surface area contributed by atoms with Crippen molar-refractivity contribution in [2.24, 2.45) is 0 Å². The highest BCUT2D eigenvalue weighted by Crippen LogP contribution is 2.29. The second-order valence-corrected chi connectivity index (χ2v) is 11.6. The molecule has 0 aliphatic rings. The quantitative estimate of drug-likeness (QED) is 0.381. The highest BCUT2D eigenvalue weighted by molar-refractivity contribution is 7.92. The summed E-state index contributed by atoms with van der Waals surface area (Å²) in [5, 5.41) is 3.25. The predicted octanol–water partition coefficient (Wildman–Crippen LogP) is 5.01. The van der Waals surface area contributed by atoms with Crippen LogP contribution in [0.15, 0.2) is 71.6 Å². The molecule has 0 fully saturated rings. The summed E-state index contributed by atoms with van der Waals surface area (Å²) in [5.74, 6) is -0.845. The molecular formula is C29H34ClN3O4S. The Hall–Kier alpha value is -3.36. The first kappa shape index (κ1) is 29.2. The van der Waals surface area contributed by atoms with Crippen LogP contribution in [0.1, 0.15) is 36.1 Å². The Morgan fingerprint density at radius 2 is 1.61 bits per heavy atom. The molecule has 3 aromatic carbocycles. The summed E-state index contributed by atoms with van der Waals surface area (Å²) in [6.07, 6.45) is 0.